The second kappa shape index (κ2) is 43.0. The van der Waals surface area contributed by atoms with E-state index in [9.17, 15) is 24.0 Å². The number of hydrogen-bond acceptors (Lipinski definition) is 20. The molecule has 17 rings (SSSR count). The van der Waals surface area contributed by atoms with Crippen LogP contribution in [0.25, 0.3) is 41.5 Å². The highest BCUT2D eigenvalue weighted by Gasteiger charge is 2.50. The summed E-state index contributed by atoms with van der Waals surface area (Å²) in [7, 11) is 6.83. The first-order chi connectivity index (χ1) is 58.2. The molecule has 121 heavy (non-hydrogen) atoms. The van der Waals surface area contributed by atoms with Gasteiger partial charge < -0.3 is 23.7 Å². The third-order valence-corrected chi connectivity index (χ3v) is 28.7. The maximum absolute atomic E-state index is 12.1. The van der Waals surface area contributed by atoms with Gasteiger partial charge in [0.05, 0.1) is 135 Å². The summed E-state index contributed by atoms with van der Waals surface area (Å²) in [5.41, 5.74) is 16.0. The molecular formula is C100H92O10S10Si. The molecule has 0 unspecified atom stereocenters. The third kappa shape index (κ3) is 26.2. The lowest BCUT2D eigenvalue weighted by atomic mass is 9.50. The van der Waals surface area contributed by atoms with Crippen LogP contribution in [0.2, 0.25) is 19.6 Å². The summed E-state index contributed by atoms with van der Waals surface area (Å²) in [5, 5.41) is 0. The summed E-state index contributed by atoms with van der Waals surface area (Å²) in [6.07, 6.45) is 25.7. The molecule has 4 bridgehead atoms. The number of Topliss-reactive ketones (excluding diaryl/α,β-unsaturated/α-hetero) is 5. The highest BCUT2D eigenvalue weighted by atomic mass is 32.2. The van der Waals surface area contributed by atoms with Crippen molar-refractivity contribution in [3.05, 3.63) is 231 Å². The first kappa shape index (κ1) is 91.5. The molecular weight excluding hydrogens is 1710 g/mol. The Hall–Kier alpha value is -8.75. The number of ketones is 5. The van der Waals surface area contributed by atoms with Crippen LogP contribution < -0.4 is 23.7 Å². The molecule has 5 aliphatic carbocycles. The molecule has 0 N–H and O–H groups in total. The SMILES string of the molecule is COc1ccc(/C=C2\SC(=S)CC2=O)cc1-c1cccc(C)c1.COc1ccc(/C=C2\SC(=S)CC2=O)cc1C#CC12CC3CC(CC(C3)C1)C2.COc1ccc(/C=C2\SC(=S)CC2=O)cc1C#CC1CCCCC1.COc1ccc(/C=C2\SC(=S)CC2=O)cc1C#C[Si](C)(C)C.COc1ccc(/C=C2\SC(=S)CC2=O)cc1C#Cc1ccccc1. The van der Waals surface area contributed by atoms with E-state index < -0.39 is 8.07 Å². The average Bonchev–Trinajstić information content (AvgIpc) is 1.46. The number of benzene rings is 7. The number of methoxy groups -OCH3 is 5. The second-order valence-electron chi connectivity index (χ2n) is 31.7. The minimum atomic E-state index is -1.46. The molecule has 5 saturated carbocycles. The van der Waals surface area contributed by atoms with Gasteiger partial charge in [-0.15, -0.1) is 5.54 Å². The van der Waals surface area contributed by atoms with Crippen LogP contribution >= 0.6 is 120 Å². The smallest absolute Gasteiger partial charge is 0.175 e. The topological polar surface area (TPSA) is 132 Å². The Morgan fingerprint density at radius 3 is 1.10 bits per heavy atom. The fraction of sp³-hybridized carbons (Fsp3) is 0.300. The standard InChI is InChI=1S/C24H24O2S2.C20H20O2S2.C20H14O2S2.C19H16O2S2.C17H18O2S2Si/c1-26-21-3-2-15(10-22-20(25)11-23(27)28-22)9-19(21)4-5-24-12-16-6-17(13-24)8-18(7-16)14-24;2*1-22-18-10-8-15(12-19-17(21)13-20(23)24-19)11-16(18)9-7-14-5-3-2-4-6-14;1-12-4-3-5-14(8-12)15-9-13(6-7-17(15)21-2)10-18-16(20)11-19(22)23-18;1-19-15-6-5-12(9-13(15)7-8-22(2,3)4)10-16-14(18)11-17(20)21-16/h2-3,9-10,16-18H,6-8,11-14H2,1H3;8,10-12,14H,2-6,13H2,1H3;2-6,8,10-12H,13H2,1H3;3-10H,11H2,1-2H3;5-6,9-10H,11H2,1-4H3/b22-10-;2*19-12-;18-10-;16-10-. The van der Waals surface area contributed by atoms with E-state index in [1.54, 1.807) is 35.5 Å². The zero-order valence-electron chi connectivity index (χ0n) is 69.0. The fourth-order valence-electron chi connectivity index (χ4n) is 15.8. The van der Waals surface area contributed by atoms with E-state index in [0.717, 1.165) is 143 Å². The Bertz CT molecular complexity index is 5710. The summed E-state index contributed by atoms with van der Waals surface area (Å²) in [6.45, 7) is 8.67. The highest BCUT2D eigenvalue weighted by Crippen LogP contribution is 2.60. The Kier molecular flexibility index (Phi) is 32.5. The summed E-state index contributed by atoms with van der Waals surface area (Å²) < 4.78 is 31.0. The monoisotopic (exact) mass is 1800 g/mol. The molecule has 7 aromatic carbocycles. The highest BCUT2D eigenvalue weighted by molar-refractivity contribution is 8.28. The van der Waals surface area contributed by atoms with E-state index in [2.05, 4.69) is 104 Å². The van der Waals surface area contributed by atoms with Crippen molar-refractivity contribution in [1.82, 2.24) is 0 Å². The van der Waals surface area contributed by atoms with Gasteiger partial charge in [0.1, 0.15) is 36.8 Å². The summed E-state index contributed by atoms with van der Waals surface area (Å²) >= 11 is 32.6. The first-order valence-corrected chi connectivity index (χ1v) is 49.7. The Balaban J connectivity index is 0.000000139. The number of aryl methyl sites for hydroxylation is 1. The Labute approximate surface area is 761 Å². The molecule has 0 aromatic heterocycles. The molecule has 5 heterocycles. The van der Waals surface area contributed by atoms with Gasteiger partial charge in [-0.3, -0.25) is 24.0 Å². The minimum Gasteiger partial charge on any atom is -0.496 e. The number of hydrogen-bond donors (Lipinski definition) is 0. The van der Waals surface area contributed by atoms with Crippen LogP contribution in [0.3, 0.4) is 0 Å². The number of allylic oxidation sites excluding steroid dienone is 5. The number of ether oxygens (including phenoxy) is 5. The van der Waals surface area contributed by atoms with Crippen LogP contribution in [0, 0.1) is 83.0 Å². The number of thioether (sulfide) groups is 5. The molecule has 0 spiro atoms. The molecule has 10 fully saturated rings. The van der Waals surface area contributed by atoms with E-state index in [0.29, 0.717) is 53.6 Å². The molecule has 5 aliphatic heterocycles. The predicted octanol–water partition coefficient (Wildman–Crippen LogP) is 24.5. The van der Waals surface area contributed by atoms with Gasteiger partial charge in [-0.05, 0) is 213 Å². The minimum absolute atomic E-state index is 0.0812. The van der Waals surface area contributed by atoms with Crippen molar-refractivity contribution in [1.29, 1.82) is 0 Å². The largest absolute Gasteiger partial charge is 0.496 e. The molecule has 7 aromatic rings. The second-order valence-corrected chi connectivity index (χ2v) is 45.9. The van der Waals surface area contributed by atoms with Crippen LogP contribution in [0.4, 0.5) is 0 Å². The summed E-state index contributed by atoms with van der Waals surface area (Å²) in [6, 6.07) is 47.4. The summed E-state index contributed by atoms with van der Waals surface area (Å²) in [4.78, 5) is 63.1. The number of carbonyl (C=O) groups excluding carboxylic acids is 5. The van der Waals surface area contributed by atoms with Crippen molar-refractivity contribution in [2.45, 2.75) is 129 Å². The number of rotatable bonds is 11. The third-order valence-electron chi connectivity index (χ3n) is 21.2. The quantitative estimate of drug-likeness (QED) is 0.0526. The van der Waals surface area contributed by atoms with Gasteiger partial charge in [-0.2, -0.15) is 0 Å². The van der Waals surface area contributed by atoms with Crippen molar-refractivity contribution in [2.24, 2.45) is 29.1 Å². The van der Waals surface area contributed by atoms with E-state index in [4.69, 9.17) is 84.8 Å². The maximum Gasteiger partial charge on any atom is 0.175 e. The molecule has 616 valence electrons. The molecule has 0 amide bonds. The van der Waals surface area contributed by atoms with Crippen molar-refractivity contribution in [3.8, 4) is 86.9 Å². The van der Waals surface area contributed by atoms with Crippen molar-refractivity contribution < 1.29 is 47.7 Å². The Morgan fingerprint density at radius 2 is 0.744 bits per heavy atom. The van der Waals surface area contributed by atoms with Crippen LogP contribution in [-0.4, -0.2) is 93.5 Å². The van der Waals surface area contributed by atoms with Gasteiger partial charge >= 0.3 is 0 Å². The number of thiocarbonyl (C=S) groups is 5. The molecule has 10 nitrogen and oxygen atoms in total. The summed E-state index contributed by atoms with van der Waals surface area (Å²) in [5.74, 6) is 31.0. The first-order valence-electron chi connectivity index (χ1n) is 40.1. The van der Waals surface area contributed by atoms with Gasteiger partial charge in [0, 0.05) is 22.5 Å². The van der Waals surface area contributed by atoms with Gasteiger partial charge in [0.25, 0.3) is 0 Å². The molecule has 10 aliphatic rings. The van der Waals surface area contributed by atoms with Crippen molar-refractivity contribution in [2.75, 3.05) is 35.5 Å². The molecule has 0 atom stereocenters. The normalized spacial score (nSPS) is 21.1. The lowest BCUT2D eigenvalue weighted by molar-refractivity contribution is -0.114. The van der Waals surface area contributed by atoms with Gasteiger partial charge in [-0.25, -0.2) is 0 Å². The maximum atomic E-state index is 12.1. The zero-order chi connectivity index (χ0) is 85.9. The average molecular weight is 1800 g/mol. The zero-order valence-corrected chi connectivity index (χ0v) is 78.2. The predicted molar refractivity (Wildman–Crippen MR) is 528 cm³/mol. The van der Waals surface area contributed by atoms with Crippen LogP contribution in [0.1, 0.15) is 164 Å². The van der Waals surface area contributed by atoms with E-state index in [-0.39, 0.29) is 34.3 Å². The molecule has 0 radical (unpaired) electrons. The van der Waals surface area contributed by atoms with Gasteiger partial charge in [0.2, 0.25) is 0 Å². The molecule has 5 saturated heterocycles. The van der Waals surface area contributed by atoms with Crippen LogP contribution in [0.15, 0.2) is 170 Å². The van der Waals surface area contributed by atoms with Crippen molar-refractivity contribution in [3.63, 3.8) is 0 Å². The van der Waals surface area contributed by atoms with E-state index >= 15 is 0 Å². The fourth-order valence-corrected chi connectivity index (χ4v) is 22.4. The van der Waals surface area contributed by atoms with Gasteiger partial charge in [0.15, 0.2) is 28.9 Å². The lowest BCUT2D eigenvalue weighted by Gasteiger charge is -2.54. The van der Waals surface area contributed by atoms with Crippen LogP contribution in [0.5, 0.6) is 28.7 Å². The lowest BCUT2D eigenvalue weighted by Crippen LogP contribution is -2.45. The Morgan fingerprint density at radius 1 is 0.388 bits per heavy atom. The van der Waals surface area contributed by atoms with E-state index in [1.165, 1.54) is 135 Å². The number of carbonyl (C=O) groups is 5. The van der Waals surface area contributed by atoms with Crippen LogP contribution in [-0.2, 0) is 24.0 Å². The van der Waals surface area contributed by atoms with Crippen molar-refractivity contribution >= 4 is 208 Å². The van der Waals surface area contributed by atoms with E-state index in [1.807, 2.05) is 146 Å². The van der Waals surface area contributed by atoms with Gasteiger partial charge in [-0.1, -0.05) is 279 Å². The molecule has 21 heteroatoms.